The van der Waals surface area contributed by atoms with Crippen molar-refractivity contribution in [1.29, 1.82) is 0 Å². The molecule has 6 heteroatoms. The summed E-state index contributed by atoms with van der Waals surface area (Å²) in [5, 5.41) is 10.7. The average Bonchev–Trinajstić information content (AvgIpc) is 3.55. The molecule has 4 nitrogen and oxygen atoms in total. The van der Waals surface area contributed by atoms with Gasteiger partial charge in [0.05, 0.1) is 16.1 Å². The molecular weight excluding hydrogens is 451 g/mol. The number of anilines is 1. The number of thiazole rings is 1. The minimum atomic E-state index is -0.883. The first-order chi connectivity index (χ1) is 16.2. The number of aromatic carboxylic acids is 1. The van der Waals surface area contributed by atoms with E-state index in [9.17, 15) is 9.90 Å². The molecule has 0 radical (unpaired) electrons. The molecule has 0 saturated heterocycles. The van der Waals surface area contributed by atoms with Crippen molar-refractivity contribution in [3.8, 4) is 21.7 Å². The maximum absolute atomic E-state index is 11.9. The number of hydrogen-bond donors (Lipinski definition) is 1. The van der Waals surface area contributed by atoms with Crippen LogP contribution in [-0.2, 0) is 6.54 Å². The summed E-state index contributed by atoms with van der Waals surface area (Å²) in [7, 11) is 0. The van der Waals surface area contributed by atoms with Gasteiger partial charge in [0.1, 0.15) is 0 Å². The van der Waals surface area contributed by atoms with Crippen molar-refractivity contribution < 1.29 is 9.90 Å². The molecule has 0 unspecified atom stereocenters. The van der Waals surface area contributed by atoms with Gasteiger partial charge in [0, 0.05) is 18.2 Å². The van der Waals surface area contributed by atoms with Gasteiger partial charge in [0.25, 0.3) is 0 Å². The number of hydrogen-bond acceptors (Lipinski definition) is 4. The number of carbonyl (C=O) groups is 1. The van der Waals surface area contributed by atoms with Crippen LogP contribution in [0.25, 0.3) is 21.7 Å². The third kappa shape index (κ3) is 5.28. The van der Waals surface area contributed by atoms with Crippen LogP contribution in [0.4, 0.5) is 5.13 Å². The van der Waals surface area contributed by atoms with Gasteiger partial charge in [-0.1, -0.05) is 103 Å². The van der Waals surface area contributed by atoms with Gasteiger partial charge in [-0.2, -0.15) is 0 Å². The molecule has 34 heavy (non-hydrogen) atoms. The van der Waals surface area contributed by atoms with E-state index in [1.165, 1.54) is 12.8 Å². The van der Waals surface area contributed by atoms with Crippen LogP contribution in [0.15, 0.2) is 84.9 Å². The van der Waals surface area contributed by atoms with Crippen molar-refractivity contribution in [3.05, 3.63) is 96.1 Å². The molecule has 0 aliphatic heterocycles. The van der Waals surface area contributed by atoms with Crippen molar-refractivity contribution in [2.45, 2.75) is 38.3 Å². The SMILES string of the molecule is O=C(O)c1ccccc1CN(c1nc(-c2ccccc2)c(-c2ccccc2)s1)C1CCCC1.[NaH]. The first-order valence-corrected chi connectivity index (χ1v) is 12.2. The second-order valence-electron chi connectivity index (χ2n) is 8.43. The van der Waals surface area contributed by atoms with Gasteiger partial charge in [-0.3, -0.25) is 0 Å². The van der Waals surface area contributed by atoms with Crippen LogP contribution in [0, 0.1) is 0 Å². The van der Waals surface area contributed by atoms with Crippen LogP contribution >= 0.6 is 11.3 Å². The molecule has 1 aliphatic rings. The Hall–Kier alpha value is -2.44. The van der Waals surface area contributed by atoms with Crippen LogP contribution in [0.3, 0.4) is 0 Å². The summed E-state index contributed by atoms with van der Waals surface area (Å²) >= 11 is 1.70. The van der Waals surface area contributed by atoms with Gasteiger partial charge < -0.3 is 10.0 Å². The molecule has 0 spiro atoms. The van der Waals surface area contributed by atoms with Gasteiger partial charge in [-0.05, 0) is 30.0 Å². The van der Waals surface area contributed by atoms with E-state index >= 15 is 0 Å². The normalized spacial score (nSPS) is 13.4. The zero-order valence-corrected chi connectivity index (χ0v) is 19.2. The molecule has 1 saturated carbocycles. The van der Waals surface area contributed by atoms with Crippen molar-refractivity contribution in [1.82, 2.24) is 4.98 Å². The molecular formula is C28H27N2NaO2S. The van der Waals surface area contributed by atoms with E-state index in [1.54, 1.807) is 23.5 Å². The average molecular weight is 479 g/mol. The van der Waals surface area contributed by atoms with Gasteiger partial charge in [-0.25, -0.2) is 9.78 Å². The van der Waals surface area contributed by atoms with E-state index in [2.05, 4.69) is 41.3 Å². The van der Waals surface area contributed by atoms with E-state index < -0.39 is 5.97 Å². The maximum atomic E-state index is 11.9. The minimum absolute atomic E-state index is 0. The second-order valence-corrected chi connectivity index (χ2v) is 9.41. The number of carboxylic acid groups (broad SMARTS) is 1. The van der Waals surface area contributed by atoms with Crippen LogP contribution in [0.1, 0.15) is 41.6 Å². The van der Waals surface area contributed by atoms with Crippen molar-refractivity contribution >= 4 is 52.0 Å². The summed E-state index contributed by atoms with van der Waals surface area (Å²) in [6.45, 7) is 0.545. The van der Waals surface area contributed by atoms with Crippen LogP contribution in [0.5, 0.6) is 0 Å². The van der Waals surface area contributed by atoms with E-state index in [4.69, 9.17) is 4.98 Å². The molecule has 5 rings (SSSR count). The standard InChI is InChI=1S/C28H26N2O2S.Na.H/c31-27(32)24-18-10-7-15-22(24)19-30(23-16-8-9-17-23)28-29-25(20-11-3-1-4-12-20)26(33-28)21-13-5-2-6-14-21;;/h1-7,10-15,18,23H,8-9,16-17,19H2,(H,31,32);;. The van der Waals surface area contributed by atoms with E-state index in [-0.39, 0.29) is 29.6 Å². The Morgan fingerprint density at radius 2 is 1.47 bits per heavy atom. The summed E-state index contributed by atoms with van der Waals surface area (Å²) in [6.07, 6.45) is 4.61. The van der Waals surface area contributed by atoms with E-state index in [0.29, 0.717) is 18.2 Å². The summed E-state index contributed by atoms with van der Waals surface area (Å²) in [5.41, 5.74) is 4.42. The first-order valence-electron chi connectivity index (χ1n) is 11.4. The summed E-state index contributed by atoms with van der Waals surface area (Å²) in [4.78, 5) is 20.5. The molecule has 4 aromatic rings. The molecule has 0 bridgehead atoms. The molecule has 0 atom stereocenters. The molecule has 1 fully saturated rings. The van der Waals surface area contributed by atoms with Gasteiger partial charge in [-0.15, -0.1) is 0 Å². The Morgan fingerprint density at radius 3 is 2.12 bits per heavy atom. The Balaban J connectivity index is 0.00000274. The summed E-state index contributed by atoms with van der Waals surface area (Å²) in [5.74, 6) is -0.883. The fourth-order valence-electron chi connectivity index (χ4n) is 4.63. The quantitative estimate of drug-likeness (QED) is 0.309. The van der Waals surface area contributed by atoms with E-state index in [0.717, 1.165) is 45.2 Å². The van der Waals surface area contributed by atoms with Crippen LogP contribution < -0.4 is 4.90 Å². The van der Waals surface area contributed by atoms with Gasteiger partial charge in [0.2, 0.25) is 0 Å². The molecule has 1 N–H and O–H groups in total. The van der Waals surface area contributed by atoms with Crippen molar-refractivity contribution in [3.63, 3.8) is 0 Å². The number of benzene rings is 3. The van der Waals surface area contributed by atoms with E-state index in [1.807, 2.05) is 36.4 Å². The zero-order chi connectivity index (χ0) is 22.6. The predicted octanol–water partition coefficient (Wildman–Crippen LogP) is 6.48. The number of carboxylic acids is 1. The number of rotatable bonds is 7. The summed E-state index contributed by atoms with van der Waals surface area (Å²) in [6, 6.07) is 28.4. The molecule has 1 aromatic heterocycles. The molecule has 1 heterocycles. The fourth-order valence-corrected chi connectivity index (χ4v) is 5.79. The van der Waals surface area contributed by atoms with Crippen LogP contribution in [0.2, 0.25) is 0 Å². The third-order valence-corrected chi connectivity index (χ3v) is 7.44. The van der Waals surface area contributed by atoms with Crippen LogP contribution in [-0.4, -0.2) is 51.7 Å². The zero-order valence-electron chi connectivity index (χ0n) is 18.4. The Bertz CT molecular complexity index is 1180. The summed E-state index contributed by atoms with van der Waals surface area (Å²) < 4.78 is 0. The number of nitrogens with zero attached hydrogens (tertiary/aromatic N) is 2. The van der Waals surface area contributed by atoms with Gasteiger partial charge >= 0.3 is 35.5 Å². The molecule has 3 aromatic carbocycles. The molecule has 0 amide bonds. The Labute approximate surface area is 226 Å². The monoisotopic (exact) mass is 478 g/mol. The Kier molecular flexibility index (Phi) is 8.22. The fraction of sp³-hybridized carbons (Fsp3) is 0.214. The number of aromatic nitrogens is 1. The van der Waals surface area contributed by atoms with Crippen molar-refractivity contribution in [2.24, 2.45) is 0 Å². The molecule has 168 valence electrons. The van der Waals surface area contributed by atoms with Crippen molar-refractivity contribution in [2.75, 3.05) is 4.90 Å². The Morgan fingerprint density at radius 1 is 0.882 bits per heavy atom. The predicted molar refractivity (Wildman–Crippen MR) is 142 cm³/mol. The second kappa shape index (κ2) is 11.3. The first kappa shape index (κ1) is 24.7. The third-order valence-electron chi connectivity index (χ3n) is 6.30. The topological polar surface area (TPSA) is 53.4 Å². The van der Waals surface area contributed by atoms with Gasteiger partial charge in [0.15, 0.2) is 5.13 Å². The molecule has 1 aliphatic carbocycles.